The van der Waals surface area contributed by atoms with Crippen LogP contribution in [0, 0.1) is 18.3 Å². The van der Waals surface area contributed by atoms with Crippen LogP contribution in [0.25, 0.3) is 11.1 Å². The van der Waals surface area contributed by atoms with Crippen LogP contribution in [0.5, 0.6) is 17.2 Å². The van der Waals surface area contributed by atoms with Crippen LogP contribution in [-0.2, 0) is 55.1 Å². The molecule has 0 bridgehead atoms. The Labute approximate surface area is 410 Å². The third-order valence-corrected chi connectivity index (χ3v) is 15.2. The summed E-state index contributed by atoms with van der Waals surface area (Å²) in [6.45, 7) is 4.24. The molecular formula is C52H47Cl2N5O9S. The van der Waals surface area contributed by atoms with Crippen molar-refractivity contribution in [2.45, 2.75) is 56.0 Å². The predicted molar refractivity (Wildman–Crippen MR) is 259 cm³/mol. The molecule has 69 heavy (non-hydrogen) atoms. The molecular weight excluding hydrogens is 942 g/mol. The number of sulfonamides is 1. The van der Waals surface area contributed by atoms with Gasteiger partial charge in [0.05, 0.1) is 47.7 Å². The second-order valence-corrected chi connectivity index (χ2v) is 19.6. The summed E-state index contributed by atoms with van der Waals surface area (Å²) in [6, 6.07) is 33.9. The van der Waals surface area contributed by atoms with E-state index in [0.717, 1.165) is 27.8 Å². The number of hydrogen-bond donors (Lipinski definition) is 1. The van der Waals surface area contributed by atoms with Gasteiger partial charge in [0, 0.05) is 26.1 Å². The zero-order chi connectivity index (χ0) is 48.2. The van der Waals surface area contributed by atoms with E-state index in [9.17, 15) is 23.3 Å². The lowest BCUT2D eigenvalue weighted by molar-refractivity contribution is -0.145. The normalized spacial score (nSPS) is 17.2. The van der Waals surface area contributed by atoms with Gasteiger partial charge in [-0.2, -0.15) is 9.57 Å². The lowest BCUT2D eigenvalue weighted by atomic mass is 9.93. The van der Waals surface area contributed by atoms with Crippen molar-refractivity contribution in [2.75, 3.05) is 44.9 Å². The Bertz CT molecular complexity index is 3040. The van der Waals surface area contributed by atoms with Gasteiger partial charge < -0.3 is 33.9 Å². The number of nitrogens with one attached hydrogen (secondary N) is 1. The first kappa shape index (κ1) is 47.4. The van der Waals surface area contributed by atoms with Crippen LogP contribution in [0.15, 0.2) is 120 Å². The fourth-order valence-corrected chi connectivity index (χ4v) is 10.7. The quantitative estimate of drug-likeness (QED) is 0.110. The van der Waals surface area contributed by atoms with Crippen molar-refractivity contribution in [3.8, 4) is 34.4 Å². The number of rotatable bonds is 13. The molecule has 1 saturated heterocycles. The molecule has 0 radical (unpaired) electrons. The number of amides is 1. The molecule has 3 aliphatic heterocycles. The summed E-state index contributed by atoms with van der Waals surface area (Å²) < 4.78 is 60.5. The molecule has 9 rings (SSSR count). The average molecular weight is 989 g/mol. The molecule has 17 heteroatoms. The summed E-state index contributed by atoms with van der Waals surface area (Å²) in [7, 11) is -3.17. The van der Waals surface area contributed by atoms with Crippen LogP contribution in [0.3, 0.4) is 0 Å². The number of anilines is 1. The Kier molecular flexibility index (Phi) is 14.1. The Hall–Kier alpha value is -6.67. The molecule has 0 saturated carbocycles. The Balaban J connectivity index is 0.968. The minimum absolute atomic E-state index is 0.0321. The number of carbonyl (C=O) groups excluding carboxylic acids is 2. The number of aromatic nitrogens is 1. The number of esters is 1. The Morgan fingerprint density at radius 3 is 2.25 bits per heavy atom. The van der Waals surface area contributed by atoms with Crippen LogP contribution in [0.1, 0.15) is 45.2 Å². The molecule has 14 nitrogen and oxygen atoms in total. The number of nitrogens with zero attached hydrogens (tertiary/aromatic N) is 4. The molecule has 1 aromatic heterocycles. The van der Waals surface area contributed by atoms with Crippen LogP contribution in [0.2, 0.25) is 10.0 Å². The SMILES string of the molecule is COC(=O)[C@H](Cc1ccc(-c2ccc(C#N)cc2)cc1)NC(=O)[C@@H]1Cc2cc3c(cc2CN1S(=O)(=O)c1ccc(N2CCOCC2)nc1C)OC(c1ccc(OCc2ccc(Cl)c(Cl)c2)cc1)CO3. The summed E-state index contributed by atoms with van der Waals surface area (Å²) in [5.74, 6) is 0.784. The first-order valence-electron chi connectivity index (χ1n) is 22.3. The van der Waals surface area contributed by atoms with E-state index in [1.165, 1.54) is 17.5 Å². The van der Waals surface area contributed by atoms with Crippen molar-refractivity contribution in [1.82, 2.24) is 14.6 Å². The number of carbonyl (C=O) groups is 2. The number of ether oxygens (including phenoxy) is 5. The van der Waals surface area contributed by atoms with Gasteiger partial charge in [-0.05, 0) is 113 Å². The maximum Gasteiger partial charge on any atom is 0.328 e. The molecule has 5 aromatic carbocycles. The maximum atomic E-state index is 15.0. The highest BCUT2D eigenvalue weighted by molar-refractivity contribution is 7.89. The first-order chi connectivity index (χ1) is 33.4. The Morgan fingerprint density at radius 1 is 0.870 bits per heavy atom. The number of morpholine rings is 1. The maximum absolute atomic E-state index is 15.0. The van der Waals surface area contributed by atoms with E-state index in [1.807, 2.05) is 71.6 Å². The first-order valence-corrected chi connectivity index (χ1v) is 24.5. The molecule has 1 N–H and O–H groups in total. The largest absolute Gasteiger partial charge is 0.489 e. The number of halogens is 2. The standard InChI is InChI=1S/C52H47Cl2N5O9S/c1-32-49(17-18-50(56-32)58-19-21-65-22-20-58)69(62,63)59-29-40-27-47-46(67-31-48(68-47)38-12-14-41(15-13-38)66-30-35-7-16-42(53)43(54)23-35)26-39(40)25-45(59)51(60)57-44(52(61)64-2)24-33-3-8-36(9-4-33)37-10-5-34(28-55)6-11-37/h3-18,23,26-27,44-45,48H,19-22,24-25,29-31H2,1-2H3,(H,57,60)/t44-,45-,48?/m0/s1. The third-order valence-electron chi connectivity index (χ3n) is 12.4. The monoisotopic (exact) mass is 987 g/mol. The van der Waals surface area contributed by atoms with Crippen molar-refractivity contribution in [1.29, 1.82) is 5.26 Å². The molecule has 1 unspecified atom stereocenters. The van der Waals surface area contributed by atoms with E-state index in [1.54, 1.807) is 49.4 Å². The van der Waals surface area contributed by atoms with Gasteiger partial charge in [-0.3, -0.25) is 4.79 Å². The number of aryl methyl sites for hydroxylation is 1. The van der Waals surface area contributed by atoms with Crippen LogP contribution in [-0.4, -0.2) is 81.7 Å². The Morgan fingerprint density at radius 2 is 1.57 bits per heavy atom. The zero-order valence-corrected chi connectivity index (χ0v) is 40.0. The summed E-state index contributed by atoms with van der Waals surface area (Å²) in [5.41, 5.74) is 6.39. The molecule has 0 spiro atoms. The van der Waals surface area contributed by atoms with Gasteiger partial charge in [-0.25, -0.2) is 18.2 Å². The van der Waals surface area contributed by atoms with E-state index < -0.39 is 40.1 Å². The van der Waals surface area contributed by atoms with E-state index in [2.05, 4.69) is 11.4 Å². The van der Waals surface area contributed by atoms with Crippen molar-refractivity contribution in [2.24, 2.45) is 0 Å². The van der Waals surface area contributed by atoms with E-state index in [4.69, 9.17) is 51.9 Å². The van der Waals surface area contributed by atoms with Gasteiger partial charge in [0.15, 0.2) is 17.6 Å². The molecule has 354 valence electrons. The molecule has 3 aliphatic rings. The number of pyridine rings is 1. The lowest BCUT2D eigenvalue weighted by Crippen LogP contribution is -2.56. The molecule has 1 amide bonds. The fourth-order valence-electron chi connectivity index (χ4n) is 8.65. The van der Waals surface area contributed by atoms with E-state index in [-0.39, 0.29) is 36.6 Å². The summed E-state index contributed by atoms with van der Waals surface area (Å²) in [4.78, 5) is 34.7. The zero-order valence-electron chi connectivity index (χ0n) is 37.7. The molecule has 6 aromatic rings. The molecule has 4 heterocycles. The third kappa shape index (κ3) is 10.5. The number of nitriles is 1. The second-order valence-electron chi connectivity index (χ2n) is 16.9. The highest BCUT2D eigenvalue weighted by Crippen LogP contribution is 2.42. The molecule has 1 fully saturated rings. The summed E-state index contributed by atoms with van der Waals surface area (Å²) in [6.07, 6.45) is -0.444. The van der Waals surface area contributed by atoms with Crippen molar-refractivity contribution in [3.63, 3.8) is 0 Å². The predicted octanol–water partition coefficient (Wildman–Crippen LogP) is 8.18. The number of methoxy groups -OCH3 is 1. The topological polar surface area (TPSA) is 170 Å². The van der Waals surface area contributed by atoms with Gasteiger partial charge in [-0.15, -0.1) is 0 Å². The number of hydrogen-bond acceptors (Lipinski definition) is 12. The van der Waals surface area contributed by atoms with Crippen LogP contribution < -0.4 is 24.4 Å². The molecule has 0 aliphatic carbocycles. The average Bonchev–Trinajstić information content (AvgIpc) is 3.37. The number of benzene rings is 5. The van der Waals surface area contributed by atoms with Gasteiger partial charge in [0.25, 0.3) is 0 Å². The van der Waals surface area contributed by atoms with Crippen molar-refractivity contribution < 1.29 is 41.7 Å². The summed E-state index contributed by atoms with van der Waals surface area (Å²) >= 11 is 12.2. The van der Waals surface area contributed by atoms with Gasteiger partial charge in [0.1, 0.15) is 41.8 Å². The fraction of sp³-hybridized carbons (Fsp3) is 0.269. The van der Waals surface area contributed by atoms with Crippen molar-refractivity contribution >= 4 is 50.9 Å². The smallest absolute Gasteiger partial charge is 0.328 e. The van der Waals surface area contributed by atoms with Crippen LogP contribution >= 0.6 is 23.2 Å². The van der Waals surface area contributed by atoms with Crippen LogP contribution in [0.4, 0.5) is 5.82 Å². The minimum Gasteiger partial charge on any atom is -0.489 e. The summed E-state index contributed by atoms with van der Waals surface area (Å²) in [5, 5.41) is 13.0. The number of fused-ring (bicyclic) bond motifs is 2. The van der Waals surface area contributed by atoms with Gasteiger partial charge in [0.2, 0.25) is 15.9 Å². The molecule has 3 atom stereocenters. The van der Waals surface area contributed by atoms with Gasteiger partial charge in [-0.1, -0.05) is 77.8 Å². The highest BCUT2D eigenvalue weighted by atomic mass is 35.5. The van der Waals surface area contributed by atoms with E-state index in [0.29, 0.717) is 82.7 Å². The highest BCUT2D eigenvalue weighted by Gasteiger charge is 2.43. The lowest BCUT2D eigenvalue weighted by Gasteiger charge is -2.37. The second kappa shape index (κ2) is 20.5. The van der Waals surface area contributed by atoms with E-state index >= 15 is 0 Å². The minimum atomic E-state index is -4.40. The van der Waals surface area contributed by atoms with Gasteiger partial charge >= 0.3 is 5.97 Å². The van der Waals surface area contributed by atoms with Crippen molar-refractivity contribution in [3.05, 3.63) is 164 Å².